The summed E-state index contributed by atoms with van der Waals surface area (Å²) in [4.78, 5) is 2.19. The number of phenolic OH excluding ortho intramolecular Hbond substituents is 1. The normalized spacial score (nSPS) is 22.8. The van der Waals surface area contributed by atoms with E-state index in [1.165, 1.54) is 18.4 Å². The maximum Gasteiger partial charge on any atom is 0.161 e. The highest BCUT2D eigenvalue weighted by Gasteiger charge is 2.29. The van der Waals surface area contributed by atoms with E-state index >= 15 is 0 Å². The molecule has 28 heavy (non-hydrogen) atoms. The molecule has 6 heteroatoms. The number of benzene rings is 1. The van der Waals surface area contributed by atoms with Crippen molar-refractivity contribution >= 4 is 5.70 Å². The molecule has 6 nitrogen and oxygen atoms in total. The number of fused-ring (bicyclic) bond motifs is 1. The molecule has 0 amide bonds. The van der Waals surface area contributed by atoms with Crippen molar-refractivity contribution in [2.24, 2.45) is 11.5 Å². The third-order valence-corrected chi connectivity index (χ3v) is 5.97. The molecule has 5 N–H and O–H groups in total. The quantitative estimate of drug-likeness (QED) is 0.695. The van der Waals surface area contributed by atoms with Crippen LogP contribution in [0.4, 0.5) is 0 Å². The van der Waals surface area contributed by atoms with Crippen LogP contribution in [0.15, 0.2) is 35.9 Å². The summed E-state index contributed by atoms with van der Waals surface area (Å²) in [6.07, 6.45) is 6.91. The van der Waals surface area contributed by atoms with Gasteiger partial charge in [0.2, 0.25) is 0 Å². The van der Waals surface area contributed by atoms with Crippen LogP contribution in [0.1, 0.15) is 42.4 Å². The number of aryl methyl sites for hydroxylation is 1. The molecule has 0 radical (unpaired) electrons. The van der Waals surface area contributed by atoms with Crippen LogP contribution in [0.25, 0.3) is 5.70 Å². The van der Waals surface area contributed by atoms with Gasteiger partial charge in [-0.25, -0.2) is 0 Å². The van der Waals surface area contributed by atoms with Crippen LogP contribution in [0.5, 0.6) is 11.5 Å². The Labute approximate surface area is 166 Å². The van der Waals surface area contributed by atoms with Gasteiger partial charge in [0.1, 0.15) is 23.9 Å². The Bertz CT molecular complexity index is 872. The van der Waals surface area contributed by atoms with Gasteiger partial charge in [0.15, 0.2) is 5.76 Å². The number of hydrogen-bond acceptors (Lipinski definition) is 6. The Balaban J connectivity index is 1.68. The fraction of sp³-hybridized carbons (Fsp3) is 0.455. The second-order valence-electron chi connectivity index (χ2n) is 7.80. The Hall–Kier alpha value is -2.76. The van der Waals surface area contributed by atoms with Crippen LogP contribution < -0.4 is 16.2 Å². The van der Waals surface area contributed by atoms with Crippen molar-refractivity contribution in [2.45, 2.75) is 45.1 Å². The van der Waals surface area contributed by atoms with Crippen LogP contribution in [0, 0.1) is 6.92 Å². The molecule has 1 saturated carbocycles. The summed E-state index contributed by atoms with van der Waals surface area (Å²) in [7, 11) is 0. The van der Waals surface area contributed by atoms with Gasteiger partial charge in [0, 0.05) is 29.3 Å². The third kappa shape index (κ3) is 3.17. The minimum atomic E-state index is 0.189. The van der Waals surface area contributed by atoms with Gasteiger partial charge in [-0.15, -0.1) is 0 Å². The van der Waals surface area contributed by atoms with Gasteiger partial charge in [-0.05, 0) is 37.8 Å². The van der Waals surface area contributed by atoms with E-state index in [9.17, 15) is 5.11 Å². The van der Waals surface area contributed by atoms with Gasteiger partial charge in [0.25, 0.3) is 0 Å². The summed E-state index contributed by atoms with van der Waals surface area (Å²) in [6, 6.07) is 2.19. The average Bonchev–Trinajstić information content (AvgIpc) is 3.13. The van der Waals surface area contributed by atoms with Crippen LogP contribution in [0.2, 0.25) is 0 Å². The fourth-order valence-electron chi connectivity index (χ4n) is 4.49. The van der Waals surface area contributed by atoms with Crippen molar-refractivity contribution in [3.8, 4) is 11.5 Å². The Morgan fingerprint density at radius 1 is 1.29 bits per heavy atom. The number of hydrogen-bond donors (Lipinski definition) is 3. The molecular formula is C22H29N3O3. The molecule has 2 aliphatic heterocycles. The Morgan fingerprint density at radius 2 is 2.11 bits per heavy atom. The zero-order valence-corrected chi connectivity index (χ0v) is 16.5. The highest BCUT2D eigenvalue weighted by atomic mass is 16.5. The van der Waals surface area contributed by atoms with Crippen LogP contribution in [-0.4, -0.2) is 35.8 Å². The van der Waals surface area contributed by atoms with Crippen molar-refractivity contribution in [1.82, 2.24) is 4.90 Å². The molecule has 4 rings (SSSR count). The maximum atomic E-state index is 10.7. The van der Waals surface area contributed by atoms with E-state index in [2.05, 4.69) is 11.5 Å². The lowest BCUT2D eigenvalue weighted by atomic mass is 9.89. The first kappa shape index (κ1) is 18.6. The molecule has 2 heterocycles. The molecule has 3 aliphatic rings. The summed E-state index contributed by atoms with van der Waals surface area (Å²) in [5, 5.41) is 10.7. The molecule has 0 unspecified atom stereocenters. The highest BCUT2D eigenvalue weighted by molar-refractivity contribution is 5.75. The summed E-state index contributed by atoms with van der Waals surface area (Å²) >= 11 is 0. The van der Waals surface area contributed by atoms with Crippen LogP contribution in [-0.2, 0) is 11.2 Å². The average molecular weight is 383 g/mol. The minimum absolute atomic E-state index is 0.189. The lowest BCUT2D eigenvalue weighted by Crippen LogP contribution is -2.45. The van der Waals surface area contributed by atoms with Gasteiger partial charge in [-0.2, -0.15) is 0 Å². The second kappa shape index (κ2) is 7.34. The first-order chi connectivity index (χ1) is 13.5. The van der Waals surface area contributed by atoms with Crippen molar-refractivity contribution in [3.05, 3.63) is 52.6 Å². The van der Waals surface area contributed by atoms with Gasteiger partial charge in [0.05, 0.1) is 19.2 Å². The van der Waals surface area contributed by atoms with Crippen molar-refractivity contribution in [1.29, 1.82) is 0 Å². The van der Waals surface area contributed by atoms with Crippen LogP contribution in [0.3, 0.4) is 0 Å². The molecule has 0 aromatic heterocycles. The molecule has 1 aliphatic carbocycles. The Kier molecular flexibility index (Phi) is 4.87. The smallest absolute Gasteiger partial charge is 0.161 e. The zero-order chi connectivity index (χ0) is 19.8. The topological polar surface area (TPSA) is 94.0 Å². The number of rotatable bonds is 3. The predicted molar refractivity (Wildman–Crippen MR) is 109 cm³/mol. The molecular weight excluding hydrogens is 354 g/mol. The Morgan fingerprint density at radius 3 is 2.89 bits per heavy atom. The molecule has 0 saturated heterocycles. The number of nitrogens with zero attached hydrogens (tertiary/aromatic N) is 1. The van der Waals surface area contributed by atoms with Gasteiger partial charge in [-0.3, -0.25) is 0 Å². The second-order valence-corrected chi connectivity index (χ2v) is 7.80. The monoisotopic (exact) mass is 383 g/mol. The molecule has 1 aromatic rings. The van der Waals surface area contributed by atoms with E-state index in [4.69, 9.17) is 20.9 Å². The van der Waals surface area contributed by atoms with E-state index < -0.39 is 0 Å². The van der Waals surface area contributed by atoms with Crippen molar-refractivity contribution < 1.29 is 14.6 Å². The van der Waals surface area contributed by atoms with E-state index in [-0.39, 0.29) is 11.8 Å². The standard InChI is InChI=1S/C22H29N3O3/c1-13-5-3-4-6-17(13)25-8-10-28-19(22(25)24)12-16(23)20-14(2)11-18-15(21(20)26)7-9-27-18/h11-12,17,26H,1,3-10,23-24H2,2H3/b16-12-/t17-/m1/s1. The largest absolute Gasteiger partial charge is 0.507 e. The minimum Gasteiger partial charge on any atom is -0.507 e. The highest BCUT2D eigenvalue weighted by Crippen LogP contribution is 2.40. The SMILES string of the molecule is C=C1CCCC[C@H]1N1CCOC(/C=C(\N)c2c(C)cc3c(c2O)CCO3)=C1N. The summed E-state index contributed by atoms with van der Waals surface area (Å²) in [5.74, 6) is 2.07. The number of phenols is 1. The van der Waals surface area contributed by atoms with E-state index in [1.54, 1.807) is 6.08 Å². The van der Waals surface area contributed by atoms with Gasteiger partial charge < -0.3 is 30.9 Å². The van der Waals surface area contributed by atoms with Gasteiger partial charge >= 0.3 is 0 Å². The summed E-state index contributed by atoms with van der Waals surface area (Å²) < 4.78 is 11.4. The molecule has 1 atom stereocenters. The molecule has 0 bridgehead atoms. The van der Waals surface area contributed by atoms with Gasteiger partial charge in [-0.1, -0.05) is 18.6 Å². The fourth-order valence-corrected chi connectivity index (χ4v) is 4.49. The van der Waals surface area contributed by atoms with E-state index in [1.807, 2.05) is 13.0 Å². The molecule has 1 aromatic carbocycles. The number of ether oxygens (including phenoxy) is 2. The molecule has 1 fully saturated rings. The first-order valence-electron chi connectivity index (χ1n) is 10.00. The first-order valence-corrected chi connectivity index (χ1v) is 10.00. The third-order valence-electron chi connectivity index (χ3n) is 5.97. The number of allylic oxidation sites excluding steroid dienone is 1. The number of nitrogens with two attached hydrogens (primary N) is 2. The van der Waals surface area contributed by atoms with E-state index in [0.29, 0.717) is 42.5 Å². The number of aromatic hydroxyl groups is 1. The lowest BCUT2D eigenvalue weighted by molar-refractivity contribution is 0.112. The zero-order valence-electron chi connectivity index (χ0n) is 16.5. The molecule has 150 valence electrons. The van der Waals surface area contributed by atoms with Crippen LogP contribution >= 0.6 is 0 Å². The van der Waals surface area contributed by atoms with E-state index in [0.717, 1.165) is 36.3 Å². The predicted octanol–water partition coefficient (Wildman–Crippen LogP) is 2.89. The van der Waals surface area contributed by atoms with Crippen molar-refractivity contribution in [2.75, 3.05) is 19.8 Å². The molecule has 0 spiro atoms. The van der Waals surface area contributed by atoms with Crippen molar-refractivity contribution in [3.63, 3.8) is 0 Å². The maximum absolute atomic E-state index is 10.7. The lowest BCUT2D eigenvalue weighted by Gasteiger charge is -2.40. The summed E-state index contributed by atoms with van der Waals surface area (Å²) in [5.41, 5.74) is 16.8. The summed E-state index contributed by atoms with van der Waals surface area (Å²) in [6.45, 7) is 8.03.